The van der Waals surface area contributed by atoms with Gasteiger partial charge < -0.3 is 10.6 Å². The Bertz CT molecular complexity index is 112. The van der Waals surface area contributed by atoms with Crippen LogP contribution in [0.3, 0.4) is 0 Å². The van der Waals surface area contributed by atoms with Gasteiger partial charge in [-0.2, -0.15) is 0 Å². The third kappa shape index (κ3) is 15.9. The van der Waals surface area contributed by atoms with Gasteiger partial charge in [-0.3, -0.25) is 0 Å². The summed E-state index contributed by atoms with van der Waals surface area (Å²) in [5, 5.41) is 6.75. The van der Waals surface area contributed by atoms with Crippen LogP contribution in [0.25, 0.3) is 0 Å². The van der Waals surface area contributed by atoms with E-state index in [1.54, 1.807) is 0 Å². The summed E-state index contributed by atoms with van der Waals surface area (Å²) in [4.78, 5) is 0. The Morgan fingerprint density at radius 3 is 1.59 bits per heavy atom. The summed E-state index contributed by atoms with van der Waals surface area (Å²) in [7, 11) is 2.03. The Hall–Kier alpha value is -0.0800. The van der Waals surface area contributed by atoms with Gasteiger partial charge in [0.1, 0.15) is 0 Å². The van der Waals surface area contributed by atoms with E-state index in [-0.39, 0.29) is 0 Å². The quantitative estimate of drug-likeness (QED) is 0.454. The normalized spacial score (nSPS) is 10.9. The summed E-state index contributed by atoms with van der Waals surface area (Å²) in [6, 6.07) is 0. The van der Waals surface area contributed by atoms with Crippen molar-refractivity contribution in [2.45, 2.75) is 71.1 Å². The maximum absolute atomic E-state index is 3.55. The predicted octanol–water partition coefficient (Wildman–Crippen LogP) is 3.72. The molecule has 2 heteroatoms. The van der Waals surface area contributed by atoms with Crippen molar-refractivity contribution in [3.05, 3.63) is 0 Å². The van der Waals surface area contributed by atoms with Crippen LogP contribution in [0, 0.1) is 0 Å². The summed E-state index contributed by atoms with van der Waals surface area (Å²) in [6.45, 7) is 5.90. The van der Waals surface area contributed by atoms with Crippen molar-refractivity contribution >= 4 is 0 Å². The smallest absolute Gasteiger partial charge is 0.00489 e. The number of unbranched alkanes of at least 4 members (excludes halogenated alkanes) is 8. The number of hydrogen-bond donors (Lipinski definition) is 2. The molecule has 0 heterocycles. The monoisotopic (exact) mass is 242 g/mol. The Labute approximate surface area is 109 Å². The lowest BCUT2D eigenvalue weighted by atomic mass is 10.1. The van der Waals surface area contributed by atoms with Crippen molar-refractivity contribution in [3.63, 3.8) is 0 Å². The minimum Gasteiger partial charge on any atom is -0.320 e. The van der Waals surface area contributed by atoms with Gasteiger partial charge in [0.15, 0.2) is 0 Å². The third-order valence-corrected chi connectivity index (χ3v) is 3.24. The molecule has 0 aromatic heterocycles. The van der Waals surface area contributed by atoms with E-state index in [1.807, 2.05) is 7.05 Å². The SMILES string of the molecule is CCCCCCCNCCCCCCCNC. The van der Waals surface area contributed by atoms with E-state index in [4.69, 9.17) is 0 Å². The van der Waals surface area contributed by atoms with Crippen molar-refractivity contribution in [2.75, 3.05) is 26.7 Å². The molecule has 0 rings (SSSR count). The molecule has 0 atom stereocenters. The van der Waals surface area contributed by atoms with Crippen LogP contribution in [0.5, 0.6) is 0 Å². The first-order chi connectivity index (χ1) is 8.41. The highest BCUT2D eigenvalue weighted by molar-refractivity contribution is 4.51. The second-order valence-corrected chi connectivity index (χ2v) is 5.04. The first kappa shape index (κ1) is 16.9. The molecule has 2 nitrogen and oxygen atoms in total. The van der Waals surface area contributed by atoms with Gasteiger partial charge in [-0.05, 0) is 45.9 Å². The lowest BCUT2D eigenvalue weighted by molar-refractivity contribution is 0.545. The third-order valence-electron chi connectivity index (χ3n) is 3.24. The van der Waals surface area contributed by atoms with Crippen LogP contribution in [0.4, 0.5) is 0 Å². The van der Waals surface area contributed by atoms with Crippen molar-refractivity contribution in [2.24, 2.45) is 0 Å². The van der Waals surface area contributed by atoms with E-state index >= 15 is 0 Å². The van der Waals surface area contributed by atoms with Crippen LogP contribution in [0.1, 0.15) is 71.1 Å². The predicted molar refractivity (Wildman–Crippen MR) is 78.6 cm³/mol. The molecule has 2 N–H and O–H groups in total. The minimum atomic E-state index is 1.18. The highest BCUT2D eigenvalue weighted by Gasteiger charge is 1.92. The molecular weight excluding hydrogens is 208 g/mol. The number of nitrogens with one attached hydrogen (secondary N) is 2. The lowest BCUT2D eigenvalue weighted by Gasteiger charge is -2.05. The molecule has 0 aliphatic carbocycles. The summed E-state index contributed by atoms with van der Waals surface area (Å²) in [6.07, 6.45) is 13.8. The van der Waals surface area contributed by atoms with E-state index in [2.05, 4.69) is 17.6 Å². The lowest BCUT2D eigenvalue weighted by Crippen LogP contribution is -2.16. The summed E-state index contributed by atoms with van der Waals surface area (Å²) in [5.74, 6) is 0. The van der Waals surface area contributed by atoms with Crippen LogP contribution in [0.15, 0.2) is 0 Å². The largest absolute Gasteiger partial charge is 0.320 e. The fourth-order valence-corrected chi connectivity index (χ4v) is 2.06. The van der Waals surface area contributed by atoms with Crippen molar-refractivity contribution < 1.29 is 0 Å². The fourth-order valence-electron chi connectivity index (χ4n) is 2.06. The Morgan fingerprint density at radius 1 is 0.588 bits per heavy atom. The van der Waals surface area contributed by atoms with Gasteiger partial charge >= 0.3 is 0 Å². The first-order valence-electron chi connectivity index (χ1n) is 7.77. The highest BCUT2D eigenvalue weighted by Crippen LogP contribution is 2.02. The molecule has 0 aliphatic heterocycles. The molecule has 0 bridgehead atoms. The molecule has 0 radical (unpaired) electrons. The summed E-state index contributed by atoms with van der Waals surface area (Å²) >= 11 is 0. The van der Waals surface area contributed by atoms with E-state index < -0.39 is 0 Å². The van der Waals surface area contributed by atoms with E-state index in [0.29, 0.717) is 0 Å². The molecule has 0 unspecified atom stereocenters. The summed E-state index contributed by atoms with van der Waals surface area (Å²) < 4.78 is 0. The van der Waals surface area contributed by atoms with Crippen LogP contribution >= 0.6 is 0 Å². The molecule has 0 saturated heterocycles. The van der Waals surface area contributed by atoms with E-state index in [9.17, 15) is 0 Å². The van der Waals surface area contributed by atoms with Gasteiger partial charge in [0.25, 0.3) is 0 Å². The van der Waals surface area contributed by atoms with Crippen LogP contribution < -0.4 is 10.6 Å². The maximum Gasteiger partial charge on any atom is -0.00489 e. The van der Waals surface area contributed by atoms with Crippen LogP contribution in [-0.2, 0) is 0 Å². The van der Waals surface area contributed by atoms with Gasteiger partial charge in [-0.1, -0.05) is 51.9 Å². The minimum absolute atomic E-state index is 1.18. The molecule has 0 amide bonds. The number of rotatable bonds is 14. The van der Waals surface area contributed by atoms with Crippen molar-refractivity contribution in [3.8, 4) is 0 Å². The number of hydrogen-bond acceptors (Lipinski definition) is 2. The zero-order valence-electron chi connectivity index (χ0n) is 12.2. The average Bonchev–Trinajstić information content (AvgIpc) is 2.35. The molecule has 0 aliphatic rings. The molecule has 17 heavy (non-hydrogen) atoms. The average molecular weight is 242 g/mol. The van der Waals surface area contributed by atoms with Crippen LogP contribution in [-0.4, -0.2) is 26.7 Å². The van der Waals surface area contributed by atoms with Gasteiger partial charge in [0, 0.05) is 0 Å². The molecule has 0 aromatic carbocycles. The zero-order chi connectivity index (χ0) is 12.6. The highest BCUT2D eigenvalue weighted by atomic mass is 14.8. The Balaban J connectivity index is 2.85. The van der Waals surface area contributed by atoms with E-state index in [1.165, 1.54) is 83.8 Å². The summed E-state index contributed by atoms with van der Waals surface area (Å²) in [5.41, 5.74) is 0. The van der Waals surface area contributed by atoms with Gasteiger partial charge in [-0.15, -0.1) is 0 Å². The first-order valence-corrected chi connectivity index (χ1v) is 7.77. The standard InChI is InChI=1S/C15H34N2/c1-3-4-5-7-11-14-17-15-12-9-6-8-10-13-16-2/h16-17H,3-15H2,1-2H3. The van der Waals surface area contributed by atoms with Crippen molar-refractivity contribution in [1.29, 1.82) is 0 Å². The van der Waals surface area contributed by atoms with Crippen molar-refractivity contribution in [1.82, 2.24) is 10.6 Å². The topological polar surface area (TPSA) is 24.1 Å². The zero-order valence-corrected chi connectivity index (χ0v) is 12.2. The molecule has 0 fully saturated rings. The van der Waals surface area contributed by atoms with Gasteiger partial charge in [0.05, 0.1) is 0 Å². The second kappa shape index (κ2) is 15.9. The van der Waals surface area contributed by atoms with Gasteiger partial charge in [0.2, 0.25) is 0 Å². The molecule has 0 saturated carbocycles. The van der Waals surface area contributed by atoms with Crippen LogP contribution in [0.2, 0.25) is 0 Å². The second-order valence-electron chi connectivity index (χ2n) is 5.04. The maximum atomic E-state index is 3.55. The Kier molecular flexibility index (Phi) is 15.8. The molecular formula is C15H34N2. The molecule has 104 valence electrons. The fraction of sp³-hybridized carbons (Fsp3) is 1.00. The molecule has 0 aromatic rings. The van der Waals surface area contributed by atoms with Gasteiger partial charge in [-0.25, -0.2) is 0 Å². The molecule has 0 spiro atoms. The van der Waals surface area contributed by atoms with E-state index in [0.717, 1.165) is 0 Å². The Morgan fingerprint density at radius 2 is 1.06 bits per heavy atom.